The Labute approximate surface area is 272 Å². The quantitative estimate of drug-likeness (QED) is 0.0396. The normalized spacial score (nSPS) is 11.1. The lowest BCUT2D eigenvalue weighted by Crippen LogP contribution is -2.17. The number of para-hydroxylation sites is 1. The molecular formula is C34H27N5O9. The number of hydrogen-bond acceptors (Lipinski definition) is 10. The molecule has 0 saturated heterocycles. The van der Waals surface area contributed by atoms with E-state index in [-0.39, 0.29) is 23.6 Å². The predicted molar refractivity (Wildman–Crippen MR) is 174 cm³/mol. The van der Waals surface area contributed by atoms with E-state index < -0.39 is 33.2 Å². The first-order valence-corrected chi connectivity index (χ1v) is 14.3. The minimum atomic E-state index is -0.950. The monoisotopic (exact) mass is 649 g/mol. The molecule has 0 fully saturated rings. The second-order valence-corrected chi connectivity index (χ2v) is 10.3. The lowest BCUT2D eigenvalue weighted by molar-refractivity contribution is -0.385. The summed E-state index contributed by atoms with van der Waals surface area (Å²) in [6.07, 6.45) is 3.43. The predicted octanol–water partition coefficient (Wildman–Crippen LogP) is 6.47. The van der Waals surface area contributed by atoms with Gasteiger partial charge in [0, 0.05) is 46.9 Å². The number of hydrazone groups is 1. The number of amides is 1. The van der Waals surface area contributed by atoms with Crippen molar-refractivity contribution in [3.05, 3.63) is 151 Å². The summed E-state index contributed by atoms with van der Waals surface area (Å²) in [5.74, 6) is -1.10. The number of rotatable bonds is 12. The molecule has 0 radical (unpaired) electrons. The number of nitrogens with one attached hydrogen (secondary N) is 1. The lowest BCUT2D eigenvalue weighted by atomic mass is 10.2. The second kappa shape index (κ2) is 14.5. The van der Waals surface area contributed by atoms with E-state index in [1.165, 1.54) is 48.5 Å². The van der Waals surface area contributed by atoms with Gasteiger partial charge in [-0.05, 0) is 92.2 Å². The molecular weight excluding hydrogens is 622 g/mol. The third-order valence-electron chi connectivity index (χ3n) is 6.94. The first-order chi connectivity index (χ1) is 23.1. The van der Waals surface area contributed by atoms with Gasteiger partial charge < -0.3 is 18.5 Å². The van der Waals surface area contributed by atoms with Crippen LogP contribution in [-0.2, 0) is 11.4 Å². The van der Waals surface area contributed by atoms with Crippen LogP contribution in [0.3, 0.4) is 0 Å². The third-order valence-corrected chi connectivity index (χ3v) is 6.94. The standard InChI is InChI=1S/C34H27N5O9/c1-22-6-7-23(2)37(22)26-13-15-28(16-14-26)46-21-29-17-18-31(47-29)34(41)36-35-20-25-4-3-5-30(39(44)45)33(25)48-32(40)19-10-24-8-11-27(12-9-24)38(42)43/h3-20H,21H2,1-2H3,(H,36,41)/b19-10+,35-20+. The highest BCUT2D eigenvalue weighted by atomic mass is 16.6. The number of aromatic nitrogens is 1. The highest BCUT2D eigenvalue weighted by Gasteiger charge is 2.21. The molecule has 2 aromatic heterocycles. The number of nitrogens with zero attached hydrogens (tertiary/aromatic N) is 4. The van der Waals surface area contributed by atoms with Crippen LogP contribution >= 0.6 is 0 Å². The lowest BCUT2D eigenvalue weighted by Gasteiger charge is -2.10. The van der Waals surface area contributed by atoms with Gasteiger partial charge in [0.25, 0.3) is 5.69 Å². The van der Waals surface area contributed by atoms with Gasteiger partial charge in [-0.25, -0.2) is 10.2 Å². The number of non-ortho nitro benzene ring substituents is 1. The van der Waals surface area contributed by atoms with Crippen LogP contribution in [0.4, 0.5) is 11.4 Å². The summed E-state index contributed by atoms with van der Waals surface area (Å²) in [5.41, 5.74) is 5.37. The molecule has 14 heteroatoms. The molecule has 0 saturated carbocycles. The van der Waals surface area contributed by atoms with Crippen molar-refractivity contribution in [1.82, 2.24) is 9.99 Å². The van der Waals surface area contributed by atoms with Crippen molar-refractivity contribution in [2.75, 3.05) is 0 Å². The van der Waals surface area contributed by atoms with Gasteiger partial charge in [-0.15, -0.1) is 0 Å². The fourth-order valence-electron chi connectivity index (χ4n) is 4.62. The van der Waals surface area contributed by atoms with E-state index in [9.17, 15) is 29.8 Å². The van der Waals surface area contributed by atoms with Crippen LogP contribution in [0.5, 0.6) is 11.5 Å². The van der Waals surface area contributed by atoms with Crippen LogP contribution in [-0.4, -0.2) is 32.5 Å². The zero-order valence-electron chi connectivity index (χ0n) is 25.6. The average Bonchev–Trinajstić information content (AvgIpc) is 3.69. The number of nitro groups is 2. The summed E-state index contributed by atoms with van der Waals surface area (Å²) in [5, 5.41) is 26.3. The number of hydrogen-bond donors (Lipinski definition) is 1. The van der Waals surface area contributed by atoms with E-state index in [1.807, 2.05) is 50.2 Å². The Bertz CT molecular complexity index is 2020. The highest BCUT2D eigenvalue weighted by Crippen LogP contribution is 2.30. The van der Waals surface area contributed by atoms with Crippen LogP contribution in [0.1, 0.15) is 38.8 Å². The Morgan fingerprint density at radius 2 is 1.60 bits per heavy atom. The molecule has 0 aliphatic heterocycles. The highest BCUT2D eigenvalue weighted by molar-refractivity contribution is 5.95. The van der Waals surface area contributed by atoms with E-state index in [4.69, 9.17) is 13.9 Å². The van der Waals surface area contributed by atoms with Crippen molar-refractivity contribution in [3.63, 3.8) is 0 Å². The van der Waals surface area contributed by atoms with Gasteiger partial charge in [0.05, 0.1) is 16.1 Å². The van der Waals surface area contributed by atoms with Crippen molar-refractivity contribution in [2.45, 2.75) is 20.5 Å². The Morgan fingerprint density at radius 3 is 2.27 bits per heavy atom. The molecule has 0 bridgehead atoms. The molecule has 0 unspecified atom stereocenters. The zero-order chi connectivity index (χ0) is 34.2. The van der Waals surface area contributed by atoms with E-state index in [0.29, 0.717) is 17.1 Å². The molecule has 0 spiro atoms. The van der Waals surface area contributed by atoms with Crippen LogP contribution in [0.15, 0.2) is 107 Å². The Kier molecular flexibility index (Phi) is 9.84. The average molecular weight is 650 g/mol. The zero-order valence-corrected chi connectivity index (χ0v) is 25.6. The van der Waals surface area contributed by atoms with E-state index in [0.717, 1.165) is 35.4 Å². The smallest absolute Gasteiger partial charge is 0.336 e. The third kappa shape index (κ3) is 7.87. The first-order valence-electron chi connectivity index (χ1n) is 14.3. The van der Waals surface area contributed by atoms with Crippen molar-refractivity contribution in [1.29, 1.82) is 0 Å². The summed E-state index contributed by atoms with van der Waals surface area (Å²) in [4.78, 5) is 46.3. The SMILES string of the molecule is Cc1ccc(C)n1-c1ccc(OCc2ccc(C(=O)N/N=C/c3cccc([N+](=O)[O-])c3OC(=O)/C=C/c3ccc([N+](=O)[O-])cc3)o2)cc1. The molecule has 3 aromatic carbocycles. The maximum atomic E-state index is 12.6. The molecule has 1 N–H and O–H groups in total. The topological polar surface area (TPSA) is 181 Å². The first kappa shape index (κ1) is 32.6. The van der Waals surface area contributed by atoms with Gasteiger partial charge in [-0.1, -0.05) is 6.07 Å². The van der Waals surface area contributed by atoms with Crippen molar-refractivity contribution in [2.24, 2.45) is 5.10 Å². The van der Waals surface area contributed by atoms with Gasteiger partial charge >= 0.3 is 17.6 Å². The molecule has 242 valence electrons. The van der Waals surface area contributed by atoms with Gasteiger partial charge in [-0.3, -0.25) is 25.0 Å². The molecule has 48 heavy (non-hydrogen) atoms. The number of furan rings is 1. The molecule has 2 heterocycles. The molecule has 0 aliphatic rings. The number of carbonyl (C=O) groups excluding carboxylic acids is 2. The molecule has 1 amide bonds. The van der Waals surface area contributed by atoms with Crippen LogP contribution < -0.4 is 14.9 Å². The van der Waals surface area contributed by atoms with E-state index in [2.05, 4.69) is 15.1 Å². The maximum Gasteiger partial charge on any atom is 0.336 e. The van der Waals surface area contributed by atoms with Crippen molar-refractivity contribution < 1.29 is 33.3 Å². The van der Waals surface area contributed by atoms with Gasteiger partial charge in [-0.2, -0.15) is 5.10 Å². The van der Waals surface area contributed by atoms with Gasteiger partial charge in [0.2, 0.25) is 5.75 Å². The van der Waals surface area contributed by atoms with E-state index in [1.54, 1.807) is 6.07 Å². The van der Waals surface area contributed by atoms with Crippen LogP contribution in [0.2, 0.25) is 0 Å². The summed E-state index contributed by atoms with van der Waals surface area (Å²) >= 11 is 0. The molecule has 5 rings (SSSR count). The molecule has 5 aromatic rings. The maximum absolute atomic E-state index is 12.6. The Hall–Kier alpha value is -6.83. The Balaban J connectivity index is 1.19. The van der Waals surface area contributed by atoms with Crippen LogP contribution in [0, 0.1) is 34.1 Å². The number of carbonyl (C=O) groups is 2. The number of benzene rings is 3. The number of ether oxygens (including phenoxy) is 2. The van der Waals surface area contributed by atoms with Crippen molar-refractivity contribution in [3.8, 4) is 17.2 Å². The fraction of sp³-hybridized carbons (Fsp3) is 0.0882. The number of aryl methyl sites for hydroxylation is 2. The number of esters is 1. The minimum absolute atomic E-state index is 0.0308. The van der Waals surface area contributed by atoms with Crippen LogP contribution in [0.25, 0.3) is 11.8 Å². The van der Waals surface area contributed by atoms with Crippen molar-refractivity contribution >= 4 is 35.5 Å². The molecule has 0 atom stereocenters. The molecule has 14 nitrogen and oxygen atoms in total. The van der Waals surface area contributed by atoms with Gasteiger partial charge in [0.1, 0.15) is 18.1 Å². The van der Waals surface area contributed by atoms with E-state index >= 15 is 0 Å². The Morgan fingerprint density at radius 1 is 0.896 bits per heavy atom. The fourth-order valence-corrected chi connectivity index (χ4v) is 4.62. The largest absolute Gasteiger partial charge is 0.486 e. The summed E-state index contributed by atoms with van der Waals surface area (Å²) < 4.78 is 18.8. The number of nitro benzene ring substituents is 2. The van der Waals surface area contributed by atoms with Gasteiger partial charge in [0.15, 0.2) is 5.76 Å². The summed E-state index contributed by atoms with van der Waals surface area (Å²) in [6.45, 7) is 4.13. The second-order valence-electron chi connectivity index (χ2n) is 10.3. The minimum Gasteiger partial charge on any atom is -0.486 e. The summed E-state index contributed by atoms with van der Waals surface area (Å²) in [7, 11) is 0. The summed E-state index contributed by atoms with van der Waals surface area (Å²) in [6, 6.07) is 24.0. The molecule has 0 aliphatic carbocycles.